The predicted molar refractivity (Wildman–Crippen MR) is 54.8 cm³/mol. The van der Waals surface area contributed by atoms with Gasteiger partial charge in [0.2, 0.25) is 13.6 Å². The Labute approximate surface area is 95.2 Å². The summed E-state index contributed by atoms with van der Waals surface area (Å²) in [4.78, 5) is 0. The molecule has 0 aromatic carbocycles. The first-order chi connectivity index (χ1) is 7.60. The highest BCUT2D eigenvalue weighted by molar-refractivity contribution is 7.33. The fourth-order valence-corrected chi connectivity index (χ4v) is 0.890. The molecule has 0 rings (SSSR count). The third kappa shape index (κ3) is 9.11. The van der Waals surface area contributed by atoms with Crippen LogP contribution in [0.2, 0.25) is 0 Å². The summed E-state index contributed by atoms with van der Waals surface area (Å²) in [7, 11) is -2.32. The summed E-state index contributed by atoms with van der Waals surface area (Å²) in [5, 5.41) is 17.2. The Kier molecular flexibility index (Phi) is 9.95. The van der Waals surface area contributed by atoms with Crippen LogP contribution >= 0.6 is 8.25 Å². The Morgan fingerprint density at radius 3 is 1.69 bits per heavy atom. The fourth-order valence-electron chi connectivity index (χ4n) is 0.522. The van der Waals surface area contributed by atoms with Gasteiger partial charge in [0, 0.05) is 4.57 Å². The molecule has 2 unspecified atom stereocenters. The minimum Gasteiger partial charge on any atom is -0.394 e. The van der Waals surface area contributed by atoms with E-state index < -0.39 is 8.25 Å². The van der Waals surface area contributed by atoms with Crippen molar-refractivity contribution >= 4 is 8.25 Å². The summed E-state index contributed by atoms with van der Waals surface area (Å²) < 4.78 is 30.1. The maximum Gasteiger partial charge on any atom is 0.702 e. The highest BCUT2D eigenvalue weighted by Crippen LogP contribution is 2.23. The minimum atomic E-state index is -2.32. The fraction of sp³-hybridized carbons (Fsp3) is 1.00. The molecule has 0 radical (unpaired) electrons. The van der Waals surface area contributed by atoms with E-state index in [4.69, 9.17) is 19.7 Å². The zero-order valence-electron chi connectivity index (χ0n) is 9.37. The zero-order valence-corrected chi connectivity index (χ0v) is 10.3. The zero-order chi connectivity index (χ0) is 12.4. The van der Waals surface area contributed by atoms with Gasteiger partial charge in [0.15, 0.2) is 0 Å². The molecule has 0 bridgehead atoms. The van der Waals surface area contributed by atoms with Gasteiger partial charge in [-0.3, -0.25) is 0 Å². The van der Waals surface area contributed by atoms with Gasteiger partial charge in [-0.25, -0.2) is 0 Å². The lowest BCUT2D eigenvalue weighted by Gasteiger charge is -2.06. The molecule has 0 amide bonds. The molecule has 0 aliphatic rings. The van der Waals surface area contributed by atoms with Crippen molar-refractivity contribution < 1.29 is 33.3 Å². The van der Waals surface area contributed by atoms with E-state index in [0.717, 1.165) is 0 Å². The van der Waals surface area contributed by atoms with Crippen molar-refractivity contribution in [2.45, 2.75) is 26.1 Å². The molecule has 96 valence electrons. The molecular weight excluding hydrogens is 239 g/mol. The molecule has 0 aliphatic heterocycles. The Bertz CT molecular complexity index is 171. The van der Waals surface area contributed by atoms with Crippen LogP contribution in [-0.2, 0) is 23.1 Å². The van der Waals surface area contributed by atoms with Gasteiger partial charge in [0.25, 0.3) is 0 Å². The summed E-state index contributed by atoms with van der Waals surface area (Å²) in [6.45, 7) is 2.54. The summed E-state index contributed by atoms with van der Waals surface area (Å²) in [5.74, 6) is 0. The van der Waals surface area contributed by atoms with E-state index in [9.17, 15) is 4.57 Å². The van der Waals surface area contributed by atoms with Crippen molar-refractivity contribution in [3.63, 3.8) is 0 Å². The lowest BCUT2D eigenvalue weighted by molar-refractivity contribution is -0.0711. The summed E-state index contributed by atoms with van der Waals surface area (Å²) in [6, 6.07) is 0. The molecular formula is C8H18O7P+. The van der Waals surface area contributed by atoms with E-state index >= 15 is 0 Å². The highest BCUT2D eigenvalue weighted by atomic mass is 31.1. The van der Waals surface area contributed by atoms with Crippen LogP contribution in [0.25, 0.3) is 0 Å². The van der Waals surface area contributed by atoms with Gasteiger partial charge in [-0.2, -0.15) is 0 Å². The second kappa shape index (κ2) is 10.0. The molecule has 0 saturated carbocycles. The van der Waals surface area contributed by atoms with Gasteiger partial charge in [0.1, 0.15) is 0 Å². The minimum absolute atomic E-state index is 0.141. The van der Waals surface area contributed by atoms with Gasteiger partial charge in [0.05, 0.1) is 25.4 Å². The topological polar surface area (TPSA) is 94.5 Å². The number of hydrogen-bond donors (Lipinski definition) is 2. The molecule has 2 atom stereocenters. The Hall–Kier alpha value is -0.140. The highest BCUT2D eigenvalue weighted by Gasteiger charge is 2.21. The lowest BCUT2D eigenvalue weighted by atomic mass is 10.4. The van der Waals surface area contributed by atoms with E-state index in [1.807, 2.05) is 0 Å². The van der Waals surface area contributed by atoms with E-state index in [1.54, 1.807) is 13.8 Å². The third-order valence-electron chi connectivity index (χ3n) is 1.54. The Balaban J connectivity index is 3.38. The molecule has 0 saturated heterocycles. The standard InChI is InChI=1S/C8H18O7P/c1-7(3-9)12-5-14-16(11)15-6-13-8(2)4-10/h7-10H,3-6H2,1-2H3/q+1. The van der Waals surface area contributed by atoms with Crippen LogP contribution in [0.3, 0.4) is 0 Å². The van der Waals surface area contributed by atoms with Gasteiger partial charge >= 0.3 is 8.25 Å². The van der Waals surface area contributed by atoms with Crippen LogP contribution in [0.1, 0.15) is 13.8 Å². The molecule has 0 heterocycles. The quantitative estimate of drug-likeness (QED) is 0.431. The molecule has 2 N–H and O–H groups in total. The smallest absolute Gasteiger partial charge is 0.394 e. The first kappa shape index (κ1) is 15.9. The van der Waals surface area contributed by atoms with Crippen LogP contribution in [0.5, 0.6) is 0 Å². The van der Waals surface area contributed by atoms with E-state index in [2.05, 4.69) is 9.05 Å². The Morgan fingerprint density at radius 1 is 1.00 bits per heavy atom. The largest absolute Gasteiger partial charge is 0.702 e. The van der Waals surface area contributed by atoms with Crippen molar-refractivity contribution in [3.05, 3.63) is 0 Å². The molecule has 0 aliphatic carbocycles. The molecule has 7 nitrogen and oxygen atoms in total. The van der Waals surface area contributed by atoms with Gasteiger partial charge < -0.3 is 19.7 Å². The number of ether oxygens (including phenoxy) is 2. The van der Waals surface area contributed by atoms with Crippen LogP contribution in [0.4, 0.5) is 0 Å². The molecule has 0 aromatic rings. The number of aliphatic hydroxyl groups is 2. The van der Waals surface area contributed by atoms with Crippen molar-refractivity contribution in [3.8, 4) is 0 Å². The lowest BCUT2D eigenvalue weighted by Crippen LogP contribution is -2.15. The van der Waals surface area contributed by atoms with Gasteiger partial charge in [-0.05, 0) is 13.8 Å². The summed E-state index contributed by atoms with van der Waals surface area (Å²) in [5.41, 5.74) is 0. The van der Waals surface area contributed by atoms with Crippen molar-refractivity contribution in [1.82, 2.24) is 0 Å². The van der Waals surface area contributed by atoms with E-state index in [1.165, 1.54) is 0 Å². The summed E-state index contributed by atoms with van der Waals surface area (Å²) >= 11 is 0. The van der Waals surface area contributed by atoms with Crippen molar-refractivity contribution in [2.24, 2.45) is 0 Å². The number of rotatable bonds is 10. The maximum atomic E-state index is 11.0. The first-order valence-corrected chi connectivity index (χ1v) is 5.87. The second-order valence-corrected chi connectivity index (χ2v) is 4.00. The first-order valence-electron chi connectivity index (χ1n) is 4.78. The van der Waals surface area contributed by atoms with Crippen LogP contribution in [0.15, 0.2) is 0 Å². The Morgan fingerprint density at radius 2 is 1.38 bits per heavy atom. The summed E-state index contributed by atoms with van der Waals surface area (Å²) in [6.07, 6.45) is -0.761. The van der Waals surface area contributed by atoms with Crippen LogP contribution in [-0.4, -0.2) is 49.2 Å². The van der Waals surface area contributed by atoms with E-state index in [0.29, 0.717) is 0 Å². The predicted octanol–water partition coefficient (Wildman–Crippen LogP) is 0.387. The number of hydrogen-bond acceptors (Lipinski definition) is 7. The van der Waals surface area contributed by atoms with Crippen LogP contribution < -0.4 is 0 Å². The molecule has 16 heavy (non-hydrogen) atoms. The second-order valence-electron chi connectivity index (χ2n) is 3.04. The van der Waals surface area contributed by atoms with Gasteiger partial charge in [-0.15, -0.1) is 0 Å². The average Bonchev–Trinajstić information content (AvgIpc) is 2.28. The molecule has 0 spiro atoms. The monoisotopic (exact) mass is 257 g/mol. The van der Waals surface area contributed by atoms with Crippen molar-refractivity contribution in [1.29, 1.82) is 0 Å². The molecule has 0 aromatic heterocycles. The SMILES string of the molecule is CC(CO)OCO[P+](=O)OCOC(C)CO. The maximum absolute atomic E-state index is 11.0. The normalized spacial score (nSPS) is 15.9. The van der Waals surface area contributed by atoms with E-state index in [-0.39, 0.29) is 39.0 Å². The third-order valence-corrected chi connectivity index (χ3v) is 2.17. The molecule has 0 fully saturated rings. The van der Waals surface area contributed by atoms with Gasteiger partial charge in [-0.1, -0.05) is 9.05 Å². The number of aliphatic hydroxyl groups excluding tert-OH is 2. The molecule has 8 heteroatoms. The van der Waals surface area contributed by atoms with Crippen LogP contribution in [0, 0.1) is 0 Å². The average molecular weight is 257 g/mol. The van der Waals surface area contributed by atoms with Crippen molar-refractivity contribution in [2.75, 3.05) is 26.8 Å².